The molecule has 1 aromatic heterocycles. The summed E-state index contributed by atoms with van der Waals surface area (Å²) >= 11 is 0. The Morgan fingerprint density at radius 1 is 0.719 bits per heavy atom. The van der Waals surface area contributed by atoms with E-state index in [1.54, 1.807) is 24.3 Å². The van der Waals surface area contributed by atoms with Crippen LogP contribution in [0.15, 0.2) is 115 Å². The van der Waals surface area contributed by atoms with Crippen molar-refractivity contribution in [1.29, 1.82) is 0 Å². The summed E-state index contributed by atoms with van der Waals surface area (Å²) in [6.45, 7) is 0. The van der Waals surface area contributed by atoms with Gasteiger partial charge in [-0.1, -0.05) is 72.8 Å². The molecule has 0 aliphatic carbocycles. The average Bonchev–Trinajstić information content (AvgIpc) is 3.28. The van der Waals surface area contributed by atoms with Crippen molar-refractivity contribution >= 4 is 16.9 Å². The highest BCUT2D eigenvalue weighted by Gasteiger charge is 2.21. The number of rotatable bonds is 6. The van der Waals surface area contributed by atoms with Crippen molar-refractivity contribution in [2.45, 2.75) is 6.10 Å². The van der Waals surface area contributed by atoms with E-state index in [0.717, 1.165) is 16.8 Å². The van der Waals surface area contributed by atoms with Crippen LogP contribution in [0.3, 0.4) is 0 Å². The number of carboxylic acids is 1. The SMILES string of the molecule is O=C(O)C(Oc1ccc(-c2ccc(-n3ccc4ccccc43)cc2)cc1)c1ccccc1. The Labute approximate surface area is 186 Å². The summed E-state index contributed by atoms with van der Waals surface area (Å²) in [6.07, 6.45) is 1.04. The fraction of sp³-hybridized carbons (Fsp3) is 0.0357. The Morgan fingerprint density at radius 3 is 2.03 bits per heavy atom. The van der Waals surface area contributed by atoms with E-state index in [4.69, 9.17) is 4.74 Å². The minimum Gasteiger partial charge on any atom is -0.478 e. The summed E-state index contributed by atoms with van der Waals surface area (Å²) in [4.78, 5) is 11.7. The van der Waals surface area contributed by atoms with E-state index in [1.807, 2.05) is 42.5 Å². The Kier molecular flexibility index (Phi) is 5.18. The predicted octanol–water partition coefficient (Wildman–Crippen LogP) is 6.50. The number of ether oxygens (including phenoxy) is 1. The van der Waals surface area contributed by atoms with Crippen molar-refractivity contribution < 1.29 is 14.6 Å². The maximum absolute atomic E-state index is 11.7. The van der Waals surface area contributed by atoms with Crippen molar-refractivity contribution in [2.75, 3.05) is 0 Å². The van der Waals surface area contributed by atoms with Gasteiger partial charge in [0.1, 0.15) is 5.75 Å². The molecule has 4 aromatic carbocycles. The Morgan fingerprint density at radius 2 is 1.34 bits per heavy atom. The first kappa shape index (κ1) is 19.6. The number of carbonyl (C=O) groups is 1. The molecule has 0 aliphatic rings. The normalized spacial score (nSPS) is 11.9. The number of nitrogens with zero attached hydrogens (tertiary/aromatic N) is 1. The summed E-state index contributed by atoms with van der Waals surface area (Å²) in [7, 11) is 0. The number of fused-ring (bicyclic) bond motifs is 1. The van der Waals surface area contributed by atoms with Crippen molar-refractivity contribution in [3.05, 3.63) is 121 Å². The van der Waals surface area contributed by atoms with E-state index in [1.165, 1.54) is 10.9 Å². The molecule has 0 saturated heterocycles. The zero-order chi connectivity index (χ0) is 21.9. The van der Waals surface area contributed by atoms with Crippen LogP contribution >= 0.6 is 0 Å². The Balaban J connectivity index is 1.35. The molecule has 0 spiro atoms. The molecule has 1 heterocycles. The average molecular weight is 419 g/mol. The lowest BCUT2D eigenvalue weighted by atomic mass is 10.0. The predicted molar refractivity (Wildman–Crippen MR) is 126 cm³/mol. The van der Waals surface area contributed by atoms with Crippen LogP contribution in [0.4, 0.5) is 0 Å². The molecule has 4 nitrogen and oxygen atoms in total. The zero-order valence-corrected chi connectivity index (χ0v) is 17.3. The topological polar surface area (TPSA) is 51.5 Å². The van der Waals surface area contributed by atoms with E-state index in [2.05, 4.69) is 53.2 Å². The van der Waals surface area contributed by atoms with Crippen LogP contribution in [0.1, 0.15) is 11.7 Å². The second-order valence-corrected chi connectivity index (χ2v) is 7.56. The summed E-state index contributed by atoms with van der Waals surface area (Å²) in [6, 6.07) is 35.3. The molecule has 156 valence electrons. The molecule has 0 bridgehead atoms. The lowest BCUT2D eigenvalue weighted by molar-refractivity contribution is -0.145. The molecule has 1 atom stereocenters. The van der Waals surface area contributed by atoms with Gasteiger partial charge in [0.2, 0.25) is 6.10 Å². The van der Waals surface area contributed by atoms with Crippen molar-refractivity contribution in [3.8, 4) is 22.6 Å². The first-order chi connectivity index (χ1) is 15.7. The van der Waals surface area contributed by atoms with Gasteiger partial charge in [0.25, 0.3) is 0 Å². The third-order valence-corrected chi connectivity index (χ3v) is 5.51. The van der Waals surface area contributed by atoms with Crippen LogP contribution in [0.25, 0.3) is 27.7 Å². The number of hydrogen-bond donors (Lipinski definition) is 1. The number of aromatic nitrogens is 1. The first-order valence-corrected chi connectivity index (χ1v) is 10.4. The van der Waals surface area contributed by atoms with Crippen LogP contribution in [0, 0.1) is 0 Å². The van der Waals surface area contributed by atoms with Gasteiger partial charge in [0, 0.05) is 17.4 Å². The molecule has 32 heavy (non-hydrogen) atoms. The molecular weight excluding hydrogens is 398 g/mol. The molecule has 5 aromatic rings. The second kappa shape index (κ2) is 8.44. The van der Waals surface area contributed by atoms with Crippen LogP contribution in [0.5, 0.6) is 5.75 Å². The highest BCUT2D eigenvalue weighted by Crippen LogP contribution is 2.28. The maximum Gasteiger partial charge on any atom is 0.349 e. The lowest BCUT2D eigenvalue weighted by Gasteiger charge is -2.16. The highest BCUT2D eigenvalue weighted by molar-refractivity contribution is 5.82. The van der Waals surface area contributed by atoms with Gasteiger partial charge in [-0.2, -0.15) is 0 Å². The molecule has 4 heteroatoms. The van der Waals surface area contributed by atoms with E-state index >= 15 is 0 Å². The standard InChI is InChI=1S/C28H21NO3/c30-28(31)27(23-7-2-1-3-8-23)32-25-16-12-21(13-17-25)20-10-14-24(15-11-20)29-19-18-22-6-4-5-9-26(22)29/h1-19,27H,(H,30,31). The Hall–Kier alpha value is -4.31. The molecule has 5 rings (SSSR count). The van der Waals surface area contributed by atoms with Crippen LogP contribution in [0.2, 0.25) is 0 Å². The fourth-order valence-corrected chi connectivity index (χ4v) is 3.87. The second-order valence-electron chi connectivity index (χ2n) is 7.56. The molecule has 0 saturated carbocycles. The molecular formula is C28H21NO3. The lowest BCUT2D eigenvalue weighted by Crippen LogP contribution is -2.18. The monoisotopic (exact) mass is 419 g/mol. The van der Waals surface area contributed by atoms with Crippen molar-refractivity contribution in [1.82, 2.24) is 4.57 Å². The first-order valence-electron chi connectivity index (χ1n) is 10.4. The summed E-state index contributed by atoms with van der Waals surface area (Å²) in [5, 5.41) is 10.8. The van der Waals surface area contributed by atoms with Crippen LogP contribution in [-0.2, 0) is 4.79 Å². The number of benzene rings is 4. The van der Waals surface area contributed by atoms with Crippen molar-refractivity contribution in [3.63, 3.8) is 0 Å². The Bertz CT molecular complexity index is 1350. The van der Waals surface area contributed by atoms with Gasteiger partial charge in [0.05, 0.1) is 5.52 Å². The minimum atomic E-state index is -1.04. The zero-order valence-electron chi connectivity index (χ0n) is 17.3. The maximum atomic E-state index is 11.7. The molecule has 0 radical (unpaired) electrons. The molecule has 0 amide bonds. The summed E-state index contributed by atoms with van der Waals surface area (Å²) < 4.78 is 7.93. The van der Waals surface area contributed by atoms with E-state index in [-0.39, 0.29) is 0 Å². The van der Waals surface area contributed by atoms with Gasteiger partial charge in [-0.3, -0.25) is 0 Å². The molecule has 0 fully saturated rings. The van der Waals surface area contributed by atoms with E-state index in [9.17, 15) is 9.90 Å². The largest absolute Gasteiger partial charge is 0.478 e. The molecule has 1 unspecified atom stereocenters. The molecule has 0 aliphatic heterocycles. The number of hydrogen-bond acceptors (Lipinski definition) is 2. The summed E-state index contributed by atoms with van der Waals surface area (Å²) in [5.74, 6) is -0.506. The van der Waals surface area contributed by atoms with E-state index in [0.29, 0.717) is 11.3 Å². The molecule has 1 N–H and O–H groups in total. The number of aliphatic carboxylic acids is 1. The number of para-hydroxylation sites is 1. The van der Waals surface area contributed by atoms with Gasteiger partial charge in [-0.15, -0.1) is 0 Å². The fourth-order valence-electron chi connectivity index (χ4n) is 3.87. The quantitative estimate of drug-likeness (QED) is 0.342. The van der Waals surface area contributed by atoms with Gasteiger partial charge in [0.15, 0.2) is 0 Å². The summed E-state index contributed by atoms with van der Waals surface area (Å²) in [5.41, 5.74) is 5.00. The minimum absolute atomic E-state index is 0.514. The third kappa shape index (κ3) is 3.86. The highest BCUT2D eigenvalue weighted by atomic mass is 16.5. The van der Waals surface area contributed by atoms with Crippen LogP contribution < -0.4 is 4.74 Å². The van der Waals surface area contributed by atoms with Gasteiger partial charge in [-0.05, 0) is 52.9 Å². The number of carboxylic acid groups (broad SMARTS) is 1. The van der Waals surface area contributed by atoms with Crippen LogP contribution in [-0.4, -0.2) is 15.6 Å². The third-order valence-electron chi connectivity index (χ3n) is 5.51. The van der Waals surface area contributed by atoms with Crippen molar-refractivity contribution in [2.24, 2.45) is 0 Å². The van der Waals surface area contributed by atoms with Gasteiger partial charge >= 0.3 is 5.97 Å². The smallest absolute Gasteiger partial charge is 0.349 e. The van der Waals surface area contributed by atoms with E-state index < -0.39 is 12.1 Å². The van der Waals surface area contributed by atoms with Gasteiger partial charge in [-0.25, -0.2) is 4.79 Å². The van der Waals surface area contributed by atoms with Gasteiger partial charge < -0.3 is 14.4 Å².